The van der Waals surface area contributed by atoms with Gasteiger partial charge in [0.15, 0.2) is 0 Å². The van der Waals surface area contributed by atoms with Crippen LogP contribution in [0, 0.1) is 17.5 Å². The maximum absolute atomic E-state index is 14.5. The van der Waals surface area contributed by atoms with E-state index in [0.29, 0.717) is 0 Å². The Kier molecular flexibility index (Phi) is 6.68. The molecule has 7 aromatic carbocycles. The molecule has 0 saturated heterocycles. The summed E-state index contributed by atoms with van der Waals surface area (Å²) < 4.78 is 43.5. The van der Waals surface area contributed by atoms with Gasteiger partial charge in [-0.25, -0.2) is 13.2 Å². The number of hydrogen-bond donors (Lipinski definition) is 0. The second kappa shape index (κ2) is 10.9. The van der Waals surface area contributed by atoms with Crippen LogP contribution < -0.4 is 0 Å². The van der Waals surface area contributed by atoms with E-state index in [9.17, 15) is 13.2 Å². The van der Waals surface area contributed by atoms with Crippen molar-refractivity contribution in [1.82, 2.24) is 0 Å². The van der Waals surface area contributed by atoms with Gasteiger partial charge in [-0.05, 0) is 173 Å². The van der Waals surface area contributed by atoms with Crippen molar-refractivity contribution < 1.29 is 13.2 Å². The third-order valence-electron chi connectivity index (χ3n) is 12.8. The topological polar surface area (TPSA) is 0 Å². The van der Waals surface area contributed by atoms with Crippen LogP contribution in [-0.2, 0) is 16.2 Å². The standard InChI is InChI=1S/C51H39F3/c1-49(2)43-22-28(7-13-37(43)40-16-10-34(52)25-46(40)49)31-19-32(29-8-14-38-41-17-11-35(53)26-47(41)50(3,4)44(38)23-29)21-33(20-31)30-9-15-39-42-18-12-36(54)27-48(42)51(5,6)45(39)24-30/h7-27H,1-6H3. The fourth-order valence-electron chi connectivity index (χ4n) is 9.80. The van der Waals surface area contributed by atoms with Gasteiger partial charge in [-0.15, -0.1) is 0 Å². The van der Waals surface area contributed by atoms with Crippen LogP contribution in [0.1, 0.15) is 74.9 Å². The highest BCUT2D eigenvalue weighted by molar-refractivity contribution is 5.90. The van der Waals surface area contributed by atoms with E-state index in [1.807, 2.05) is 18.2 Å². The Balaban J connectivity index is 1.15. The van der Waals surface area contributed by atoms with E-state index in [1.54, 1.807) is 36.4 Å². The molecule has 0 aliphatic heterocycles. The number of hydrogen-bond acceptors (Lipinski definition) is 0. The number of fused-ring (bicyclic) bond motifs is 9. The fourth-order valence-corrected chi connectivity index (χ4v) is 9.80. The Labute approximate surface area is 315 Å². The summed E-state index contributed by atoms with van der Waals surface area (Å²) in [6, 6.07) is 42.2. The van der Waals surface area contributed by atoms with Gasteiger partial charge in [-0.3, -0.25) is 0 Å². The molecular weight excluding hydrogens is 670 g/mol. The average molecular weight is 709 g/mol. The van der Waals surface area contributed by atoms with Crippen LogP contribution >= 0.6 is 0 Å². The van der Waals surface area contributed by atoms with Gasteiger partial charge in [-0.1, -0.05) is 96.1 Å². The minimum absolute atomic E-state index is 0.219. The molecule has 0 saturated carbocycles. The van der Waals surface area contributed by atoms with Gasteiger partial charge in [-0.2, -0.15) is 0 Å². The zero-order valence-electron chi connectivity index (χ0n) is 31.3. The Hall–Kier alpha value is -5.67. The van der Waals surface area contributed by atoms with Crippen molar-refractivity contribution in [3.63, 3.8) is 0 Å². The molecule has 0 atom stereocenters. The lowest BCUT2D eigenvalue weighted by Gasteiger charge is -2.23. The molecular formula is C51H39F3. The number of halogens is 3. The molecule has 0 N–H and O–H groups in total. The van der Waals surface area contributed by atoms with E-state index < -0.39 is 0 Å². The molecule has 0 aromatic heterocycles. The van der Waals surface area contributed by atoms with E-state index in [0.717, 1.165) is 83.5 Å². The first-order valence-corrected chi connectivity index (χ1v) is 18.7. The summed E-state index contributed by atoms with van der Waals surface area (Å²) in [6.45, 7) is 13.1. The molecule has 0 heterocycles. The van der Waals surface area contributed by atoms with Gasteiger partial charge in [0.1, 0.15) is 17.5 Å². The third-order valence-corrected chi connectivity index (χ3v) is 12.8. The van der Waals surface area contributed by atoms with E-state index in [-0.39, 0.29) is 33.7 Å². The molecule has 10 rings (SSSR count). The van der Waals surface area contributed by atoms with Crippen molar-refractivity contribution in [2.24, 2.45) is 0 Å². The molecule has 3 aliphatic rings. The highest BCUT2D eigenvalue weighted by Crippen LogP contribution is 2.53. The highest BCUT2D eigenvalue weighted by atomic mass is 19.1. The number of rotatable bonds is 3. The molecule has 264 valence electrons. The smallest absolute Gasteiger partial charge is 0.123 e. The molecule has 0 unspecified atom stereocenters. The molecule has 0 fully saturated rings. The Morgan fingerprint density at radius 3 is 0.741 bits per heavy atom. The first-order valence-electron chi connectivity index (χ1n) is 18.7. The summed E-state index contributed by atoms with van der Waals surface area (Å²) in [5, 5.41) is 0. The predicted molar refractivity (Wildman–Crippen MR) is 215 cm³/mol. The SMILES string of the molecule is CC1(C)c2cc(F)ccc2-c2ccc(-c3cc(-c4ccc5c(c4)C(C)(C)c4cc(F)ccc4-5)cc(-c4ccc5c(c4)C(C)(C)c4cc(F)ccc4-5)c3)cc21. The molecule has 0 bridgehead atoms. The fraction of sp³-hybridized carbons (Fsp3) is 0.176. The molecule has 3 aliphatic carbocycles. The first-order chi connectivity index (χ1) is 25.7. The lowest BCUT2D eigenvalue weighted by Crippen LogP contribution is -2.15. The van der Waals surface area contributed by atoms with Gasteiger partial charge in [0.05, 0.1) is 0 Å². The van der Waals surface area contributed by atoms with Crippen molar-refractivity contribution in [3.05, 3.63) is 178 Å². The zero-order chi connectivity index (χ0) is 37.5. The normalized spacial score (nSPS) is 15.9. The third kappa shape index (κ3) is 4.57. The Morgan fingerprint density at radius 2 is 0.481 bits per heavy atom. The second-order valence-electron chi connectivity index (χ2n) is 17.0. The molecule has 54 heavy (non-hydrogen) atoms. The summed E-state index contributed by atoms with van der Waals surface area (Å²) in [7, 11) is 0. The van der Waals surface area contributed by atoms with Crippen LogP contribution in [0.4, 0.5) is 13.2 Å². The first kappa shape index (κ1) is 32.9. The van der Waals surface area contributed by atoms with Gasteiger partial charge in [0, 0.05) is 16.2 Å². The van der Waals surface area contributed by atoms with Gasteiger partial charge < -0.3 is 0 Å². The van der Waals surface area contributed by atoms with Crippen LogP contribution in [0.3, 0.4) is 0 Å². The maximum atomic E-state index is 14.5. The van der Waals surface area contributed by atoms with E-state index in [4.69, 9.17) is 0 Å². The highest BCUT2D eigenvalue weighted by Gasteiger charge is 2.38. The van der Waals surface area contributed by atoms with Crippen molar-refractivity contribution in [3.8, 4) is 66.8 Å². The molecule has 0 nitrogen and oxygen atoms in total. The van der Waals surface area contributed by atoms with Crippen LogP contribution in [0.5, 0.6) is 0 Å². The van der Waals surface area contributed by atoms with Crippen molar-refractivity contribution in [2.45, 2.75) is 57.8 Å². The summed E-state index contributed by atoms with van der Waals surface area (Å²) in [5.41, 5.74) is 18.7. The van der Waals surface area contributed by atoms with E-state index in [1.165, 1.54) is 16.7 Å². The Bertz CT molecular complexity index is 2460. The lowest BCUT2D eigenvalue weighted by atomic mass is 9.80. The largest absolute Gasteiger partial charge is 0.207 e. The van der Waals surface area contributed by atoms with Crippen molar-refractivity contribution >= 4 is 0 Å². The summed E-state index contributed by atoms with van der Waals surface area (Å²) in [6.07, 6.45) is 0. The Morgan fingerprint density at radius 1 is 0.259 bits per heavy atom. The van der Waals surface area contributed by atoms with Gasteiger partial charge >= 0.3 is 0 Å². The predicted octanol–water partition coefficient (Wildman–Crippen LogP) is 14.0. The summed E-state index contributed by atoms with van der Waals surface area (Å²) in [4.78, 5) is 0. The quantitative estimate of drug-likeness (QED) is 0.171. The van der Waals surface area contributed by atoms with Crippen LogP contribution in [0.25, 0.3) is 66.8 Å². The second-order valence-corrected chi connectivity index (χ2v) is 17.0. The summed E-state index contributed by atoms with van der Waals surface area (Å²) >= 11 is 0. The maximum Gasteiger partial charge on any atom is 0.123 e. The van der Waals surface area contributed by atoms with Gasteiger partial charge in [0.25, 0.3) is 0 Å². The average Bonchev–Trinajstić information content (AvgIpc) is 3.62. The van der Waals surface area contributed by atoms with E-state index >= 15 is 0 Å². The lowest BCUT2D eigenvalue weighted by molar-refractivity contribution is 0.609. The molecule has 0 radical (unpaired) electrons. The molecule has 7 aromatic rings. The molecule has 0 spiro atoms. The minimum atomic E-state index is -0.358. The molecule has 3 heteroatoms. The summed E-state index contributed by atoms with van der Waals surface area (Å²) in [5.74, 6) is -0.656. The van der Waals surface area contributed by atoms with Crippen molar-refractivity contribution in [1.29, 1.82) is 0 Å². The van der Waals surface area contributed by atoms with Crippen LogP contribution in [0.2, 0.25) is 0 Å². The van der Waals surface area contributed by atoms with E-state index in [2.05, 4.69) is 114 Å². The van der Waals surface area contributed by atoms with Crippen LogP contribution in [0.15, 0.2) is 127 Å². The number of benzene rings is 7. The van der Waals surface area contributed by atoms with Gasteiger partial charge in [0.2, 0.25) is 0 Å². The molecule has 0 amide bonds. The monoisotopic (exact) mass is 708 g/mol. The van der Waals surface area contributed by atoms with Crippen molar-refractivity contribution in [2.75, 3.05) is 0 Å². The zero-order valence-corrected chi connectivity index (χ0v) is 31.3. The van der Waals surface area contributed by atoms with Crippen LogP contribution in [-0.4, -0.2) is 0 Å². The minimum Gasteiger partial charge on any atom is -0.207 e.